The van der Waals surface area contributed by atoms with Gasteiger partial charge in [0.15, 0.2) is 0 Å². The lowest BCUT2D eigenvalue weighted by Gasteiger charge is -2.19. The van der Waals surface area contributed by atoms with E-state index in [0.29, 0.717) is 13.0 Å². The number of ether oxygens (including phenoxy) is 1. The van der Waals surface area contributed by atoms with Gasteiger partial charge in [-0.25, -0.2) is 9.78 Å². The first-order valence-corrected chi connectivity index (χ1v) is 9.05. The van der Waals surface area contributed by atoms with Crippen molar-refractivity contribution in [2.45, 2.75) is 52.1 Å². The van der Waals surface area contributed by atoms with Crippen molar-refractivity contribution in [3.8, 4) is 0 Å². The van der Waals surface area contributed by atoms with E-state index in [9.17, 15) is 18.8 Å². The number of nitrogens with one attached hydrogen (secondary N) is 1. The van der Waals surface area contributed by atoms with Crippen molar-refractivity contribution in [3.63, 3.8) is 0 Å². The second kappa shape index (κ2) is 13.0. The average molecular weight is 404 g/mol. The number of alkyl carbamates (subject to hydrolysis) is 1. The van der Waals surface area contributed by atoms with Crippen LogP contribution in [-0.2, 0) is 9.53 Å². The summed E-state index contributed by atoms with van der Waals surface area (Å²) in [5.41, 5.74) is 4.30. The third-order valence-corrected chi connectivity index (χ3v) is 3.22. The zero-order valence-corrected chi connectivity index (χ0v) is 16.6. The quantitative estimate of drug-likeness (QED) is 0.393. The molecule has 27 heavy (non-hydrogen) atoms. The van der Waals surface area contributed by atoms with Gasteiger partial charge in [0.25, 0.3) is 5.91 Å². The van der Waals surface area contributed by atoms with Crippen LogP contribution >= 0.6 is 11.6 Å². The molecule has 0 aliphatic heterocycles. The maximum absolute atomic E-state index is 12.2. The number of aromatic nitrogens is 1. The number of carbonyl (C=O) groups is 3. The summed E-state index contributed by atoms with van der Waals surface area (Å²) < 4.78 is 17.3. The average Bonchev–Trinajstić information content (AvgIpc) is 2.56. The number of pyridine rings is 1. The molecule has 0 atom stereocenters. The number of carbonyl (C=O) groups excluding carboxylic acids is 3. The van der Waals surface area contributed by atoms with Gasteiger partial charge in [0.2, 0.25) is 5.95 Å². The molecule has 0 unspecified atom stereocenters. The van der Waals surface area contributed by atoms with Gasteiger partial charge in [-0.05, 0) is 45.7 Å². The largest absolute Gasteiger partial charge is 0.444 e. The Morgan fingerprint density at radius 3 is 2.37 bits per heavy atom. The highest BCUT2D eigenvalue weighted by Gasteiger charge is 2.15. The van der Waals surface area contributed by atoms with Gasteiger partial charge < -0.3 is 15.8 Å². The Bertz CT molecular complexity index is 621. The van der Waals surface area contributed by atoms with Crippen LogP contribution in [0.15, 0.2) is 18.2 Å². The molecule has 0 spiro atoms. The first-order chi connectivity index (χ1) is 12.5. The number of nitrogens with zero attached hydrogens (tertiary/aromatic N) is 1. The van der Waals surface area contributed by atoms with E-state index in [-0.39, 0.29) is 17.4 Å². The number of hydrogen-bond donors (Lipinski definition) is 2. The minimum atomic E-state index is -0.723. The Labute approximate surface area is 163 Å². The summed E-state index contributed by atoms with van der Waals surface area (Å²) in [5, 5.41) is 2.67. The fraction of sp³-hybridized carbons (Fsp3) is 0.556. The Hall–Kier alpha value is -2.22. The summed E-state index contributed by atoms with van der Waals surface area (Å²) in [5.74, 6) is -1.25. The molecule has 0 aliphatic carbocycles. The monoisotopic (exact) mass is 403 g/mol. The number of hydrogen-bond acceptors (Lipinski definition) is 5. The number of primary amides is 1. The van der Waals surface area contributed by atoms with E-state index >= 15 is 0 Å². The van der Waals surface area contributed by atoms with E-state index in [1.165, 1.54) is 12.1 Å². The van der Waals surface area contributed by atoms with Gasteiger partial charge in [0.1, 0.15) is 17.1 Å². The Balaban J connectivity index is 0.000000569. The first kappa shape index (κ1) is 24.8. The number of alkyl halides is 1. The lowest BCUT2D eigenvalue weighted by molar-refractivity contribution is -0.116. The van der Waals surface area contributed by atoms with E-state index in [4.69, 9.17) is 22.1 Å². The van der Waals surface area contributed by atoms with Crippen LogP contribution < -0.4 is 11.1 Å². The number of Topliss-reactive ketones (excluding diaryl/α,β-unsaturated/α-hetero) is 1. The number of halogens is 2. The number of ketones is 1. The summed E-state index contributed by atoms with van der Waals surface area (Å²) in [4.78, 5) is 35.7. The van der Waals surface area contributed by atoms with Crippen LogP contribution in [0.1, 0.15) is 56.9 Å². The van der Waals surface area contributed by atoms with Gasteiger partial charge in [-0.1, -0.05) is 12.5 Å². The highest BCUT2D eigenvalue weighted by atomic mass is 35.5. The molecule has 7 nitrogen and oxygen atoms in total. The van der Waals surface area contributed by atoms with Gasteiger partial charge in [-0.15, -0.1) is 11.6 Å². The van der Waals surface area contributed by atoms with Crippen molar-refractivity contribution < 1.29 is 23.5 Å². The number of nitrogens with two attached hydrogens (primary N) is 1. The minimum Gasteiger partial charge on any atom is -0.444 e. The van der Waals surface area contributed by atoms with Gasteiger partial charge in [-0.3, -0.25) is 9.59 Å². The molecule has 0 saturated carbocycles. The standard InChI is InChI=1S/C12H22ClNO3.C6H5FN2O/c1-12(2,3)17-11(16)14-8-6-4-5-7-10(15)9-13;7-5-3-1-2-4(9-5)6(8)10/h4-9H2,1-3H3,(H,14,16);1-3H,(H2,8,10). The fourth-order valence-corrected chi connectivity index (χ4v) is 1.87. The summed E-state index contributed by atoms with van der Waals surface area (Å²) >= 11 is 5.37. The third kappa shape index (κ3) is 14.6. The van der Waals surface area contributed by atoms with Gasteiger partial charge in [0.05, 0.1) is 5.88 Å². The zero-order valence-electron chi connectivity index (χ0n) is 15.9. The molecule has 1 rings (SSSR count). The summed E-state index contributed by atoms with van der Waals surface area (Å²) in [6.07, 6.45) is 2.69. The van der Waals surface area contributed by atoms with E-state index in [2.05, 4.69) is 10.3 Å². The highest BCUT2D eigenvalue weighted by molar-refractivity contribution is 6.27. The molecule has 0 aliphatic rings. The van der Waals surface area contributed by atoms with Crippen LogP contribution in [0.5, 0.6) is 0 Å². The minimum absolute atomic E-state index is 0.0556. The van der Waals surface area contributed by atoms with Crippen LogP contribution in [0.25, 0.3) is 0 Å². The number of rotatable bonds is 8. The molecule has 0 saturated heterocycles. The van der Waals surface area contributed by atoms with Crippen molar-refractivity contribution in [3.05, 3.63) is 29.8 Å². The second-order valence-electron chi connectivity index (χ2n) is 6.62. The van der Waals surface area contributed by atoms with Crippen molar-refractivity contribution in [2.75, 3.05) is 12.4 Å². The Morgan fingerprint density at radius 1 is 1.22 bits per heavy atom. The molecule has 1 heterocycles. The molecule has 2 amide bonds. The van der Waals surface area contributed by atoms with Crippen molar-refractivity contribution >= 4 is 29.4 Å². The van der Waals surface area contributed by atoms with E-state index in [1.807, 2.05) is 20.8 Å². The maximum atomic E-state index is 12.2. The molecular formula is C18H27ClFN3O4. The SMILES string of the molecule is CC(C)(C)OC(=O)NCCCCCC(=O)CCl.NC(=O)c1cccc(F)n1. The van der Waals surface area contributed by atoms with Crippen LogP contribution in [0.2, 0.25) is 0 Å². The van der Waals surface area contributed by atoms with Crippen LogP contribution in [-0.4, -0.2) is 40.8 Å². The predicted molar refractivity (Wildman–Crippen MR) is 101 cm³/mol. The predicted octanol–water partition coefficient (Wildman–Crippen LogP) is 3.20. The van der Waals surface area contributed by atoms with Crippen LogP contribution in [0, 0.1) is 5.95 Å². The van der Waals surface area contributed by atoms with Gasteiger partial charge in [-0.2, -0.15) is 4.39 Å². The Kier molecular flexibility index (Phi) is 12.0. The normalized spacial score (nSPS) is 10.4. The topological polar surface area (TPSA) is 111 Å². The second-order valence-corrected chi connectivity index (χ2v) is 6.89. The highest BCUT2D eigenvalue weighted by Crippen LogP contribution is 2.06. The molecular weight excluding hydrogens is 377 g/mol. The molecule has 0 radical (unpaired) electrons. The number of amides is 2. The molecule has 0 aromatic carbocycles. The van der Waals surface area contributed by atoms with Crippen LogP contribution in [0.3, 0.4) is 0 Å². The molecule has 0 fully saturated rings. The molecule has 3 N–H and O–H groups in total. The summed E-state index contributed by atoms with van der Waals surface area (Å²) in [6.45, 7) is 6.04. The van der Waals surface area contributed by atoms with Crippen molar-refractivity contribution in [1.29, 1.82) is 0 Å². The third-order valence-electron chi connectivity index (χ3n) is 2.92. The van der Waals surface area contributed by atoms with E-state index in [0.717, 1.165) is 25.3 Å². The lowest BCUT2D eigenvalue weighted by Crippen LogP contribution is -2.32. The number of unbranched alkanes of at least 4 members (excludes halogenated alkanes) is 2. The summed E-state index contributed by atoms with van der Waals surface area (Å²) in [6, 6.07) is 3.88. The van der Waals surface area contributed by atoms with E-state index < -0.39 is 23.5 Å². The maximum Gasteiger partial charge on any atom is 0.407 e. The molecule has 1 aromatic rings. The van der Waals surface area contributed by atoms with E-state index in [1.54, 1.807) is 0 Å². The van der Waals surface area contributed by atoms with Gasteiger partial charge >= 0.3 is 6.09 Å². The van der Waals surface area contributed by atoms with Crippen molar-refractivity contribution in [1.82, 2.24) is 10.3 Å². The van der Waals surface area contributed by atoms with Crippen molar-refractivity contribution in [2.24, 2.45) is 5.73 Å². The smallest absolute Gasteiger partial charge is 0.407 e. The van der Waals surface area contributed by atoms with Gasteiger partial charge in [0, 0.05) is 13.0 Å². The lowest BCUT2D eigenvalue weighted by atomic mass is 10.1. The molecule has 1 aromatic heterocycles. The fourth-order valence-electron chi connectivity index (χ4n) is 1.74. The first-order valence-electron chi connectivity index (χ1n) is 8.52. The molecule has 0 bridgehead atoms. The molecule has 152 valence electrons. The Morgan fingerprint density at radius 2 is 1.89 bits per heavy atom. The summed E-state index contributed by atoms with van der Waals surface area (Å²) in [7, 11) is 0. The van der Waals surface area contributed by atoms with Crippen LogP contribution in [0.4, 0.5) is 9.18 Å². The molecule has 9 heteroatoms. The zero-order chi connectivity index (χ0) is 20.9.